The molecule has 1 aliphatic rings. The second-order valence-electron chi connectivity index (χ2n) is 9.19. The first kappa shape index (κ1) is 24.8. The molecule has 0 aliphatic carbocycles. The zero-order chi connectivity index (χ0) is 26.8. The van der Waals surface area contributed by atoms with E-state index in [4.69, 9.17) is 31.1 Å². The van der Waals surface area contributed by atoms with E-state index in [-0.39, 0.29) is 0 Å². The first-order valence-electron chi connectivity index (χ1n) is 12.6. The minimum atomic E-state index is -0.758. The van der Waals surface area contributed by atoms with Crippen molar-refractivity contribution in [2.24, 2.45) is 4.99 Å². The molecular weight excluding hydrogens is 508 g/mol. The molecule has 0 bridgehead atoms. The second kappa shape index (κ2) is 10.3. The maximum absolute atomic E-state index is 6.74. The number of imidazole rings is 1. The Kier molecular flexibility index (Phi) is 6.55. The summed E-state index contributed by atoms with van der Waals surface area (Å²) in [5.74, 6) is 2.04. The second-order valence-corrected chi connectivity index (χ2v) is 9.60. The number of hydrogen-bond donors (Lipinski definition) is 0. The average molecular weight is 535 g/mol. The normalized spacial score (nSPS) is 16.4. The Labute approximate surface area is 232 Å². The van der Waals surface area contributed by atoms with Gasteiger partial charge in [0.25, 0.3) is 0 Å². The van der Waals surface area contributed by atoms with Crippen LogP contribution in [0.3, 0.4) is 0 Å². The maximum Gasteiger partial charge on any atom is 0.161 e. The Balaban J connectivity index is 1.61. The van der Waals surface area contributed by atoms with E-state index < -0.39 is 5.54 Å². The predicted octanol–water partition coefficient (Wildman–Crippen LogP) is 6.81. The van der Waals surface area contributed by atoms with Gasteiger partial charge in [0.2, 0.25) is 0 Å². The average Bonchev–Trinajstić information content (AvgIpc) is 3.63. The van der Waals surface area contributed by atoms with E-state index >= 15 is 0 Å². The number of benzene rings is 4. The summed E-state index contributed by atoms with van der Waals surface area (Å²) in [6.45, 7) is 0.408. The van der Waals surface area contributed by atoms with Gasteiger partial charge in [0.1, 0.15) is 12.2 Å². The van der Waals surface area contributed by atoms with Crippen LogP contribution >= 0.6 is 11.6 Å². The van der Waals surface area contributed by atoms with E-state index in [9.17, 15) is 0 Å². The molecule has 0 fully saturated rings. The molecule has 5 aromatic rings. The monoisotopic (exact) mass is 534 g/mol. The van der Waals surface area contributed by atoms with Gasteiger partial charge in [-0.3, -0.25) is 10.0 Å². The molecule has 7 heteroatoms. The molecule has 6 nitrogen and oxygen atoms in total. The van der Waals surface area contributed by atoms with Gasteiger partial charge in [0.05, 0.1) is 31.1 Å². The quantitative estimate of drug-likeness (QED) is 0.230. The van der Waals surface area contributed by atoms with Gasteiger partial charge >= 0.3 is 0 Å². The minimum absolute atomic E-state index is 0.408. The van der Waals surface area contributed by atoms with Crippen molar-refractivity contribution in [1.82, 2.24) is 9.66 Å². The van der Waals surface area contributed by atoms with Crippen LogP contribution in [0.2, 0.25) is 5.02 Å². The van der Waals surface area contributed by atoms with Crippen molar-refractivity contribution in [3.05, 3.63) is 125 Å². The van der Waals surface area contributed by atoms with Gasteiger partial charge in [-0.1, -0.05) is 90.5 Å². The van der Waals surface area contributed by atoms with Crippen LogP contribution in [0.15, 0.2) is 114 Å². The number of rotatable bonds is 7. The van der Waals surface area contributed by atoms with E-state index in [0.29, 0.717) is 23.2 Å². The Hall–Kier alpha value is -4.55. The number of aromatic nitrogens is 2. The molecule has 1 aromatic heterocycles. The van der Waals surface area contributed by atoms with Gasteiger partial charge < -0.3 is 9.47 Å². The van der Waals surface area contributed by atoms with Crippen LogP contribution in [0.25, 0.3) is 22.6 Å². The highest BCUT2D eigenvalue weighted by Crippen LogP contribution is 2.42. The largest absolute Gasteiger partial charge is 0.493 e. The van der Waals surface area contributed by atoms with Crippen LogP contribution < -0.4 is 14.5 Å². The van der Waals surface area contributed by atoms with Crippen LogP contribution in [0.4, 0.5) is 0 Å². The first-order chi connectivity index (χ1) is 19.2. The Morgan fingerprint density at radius 3 is 2.18 bits per heavy atom. The molecule has 6 rings (SSSR count). The fraction of sp³-hybridized carbons (Fsp3) is 0.125. The van der Waals surface area contributed by atoms with Crippen molar-refractivity contribution in [2.75, 3.05) is 25.9 Å². The lowest BCUT2D eigenvalue weighted by molar-refractivity contribution is 0.353. The van der Waals surface area contributed by atoms with Crippen LogP contribution in [0.5, 0.6) is 11.5 Å². The van der Waals surface area contributed by atoms with Crippen LogP contribution in [-0.2, 0) is 5.54 Å². The van der Waals surface area contributed by atoms with E-state index in [1.807, 2.05) is 79.0 Å². The lowest BCUT2D eigenvalue weighted by Crippen LogP contribution is -2.51. The van der Waals surface area contributed by atoms with Crippen molar-refractivity contribution < 1.29 is 9.47 Å². The molecular formula is C32H27ClN4O2. The summed E-state index contributed by atoms with van der Waals surface area (Å²) in [4.78, 5) is 9.94. The van der Waals surface area contributed by atoms with E-state index in [1.54, 1.807) is 14.2 Å². The summed E-state index contributed by atoms with van der Waals surface area (Å²) >= 11 is 6.74. The Morgan fingerprint density at radius 2 is 1.46 bits per heavy atom. The fourth-order valence-electron chi connectivity index (χ4n) is 5.18. The van der Waals surface area contributed by atoms with Gasteiger partial charge in [-0.05, 0) is 35.4 Å². The maximum atomic E-state index is 6.74. The Morgan fingerprint density at radius 1 is 0.769 bits per heavy atom. The Bertz CT molecular complexity index is 1640. The van der Waals surface area contributed by atoms with Crippen molar-refractivity contribution in [1.29, 1.82) is 0 Å². The first-order valence-corrected chi connectivity index (χ1v) is 13.0. The van der Waals surface area contributed by atoms with Gasteiger partial charge in [-0.15, -0.1) is 0 Å². The topological polar surface area (TPSA) is 51.9 Å². The van der Waals surface area contributed by atoms with Gasteiger partial charge in [0.15, 0.2) is 17.3 Å². The minimum Gasteiger partial charge on any atom is -0.493 e. The zero-order valence-electron chi connectivity index (χ0n) is 21.7. The number of hydrogen-bond acceptors (Lipinski definition) is 5. The third-order valence-corrected chi connectivity index (χ3v) is 7.40. The smallest absolute Gasteiger partial charge is 0.161 e. The third-order valence-electron chi connectivity index (χ3n) is 7.07. The standard InChI is InChI=1S/C32H27ClN4O2/c1-38-29-18-17-25(19-30(29)39-2)32(24-13-7-4-8-14-24)21-34-22-37(32)36-20-28(23-11-5-3-6-12-23)35-31(36)26-15-9-10-16-27(26)33/h3-21H,22H2,1-2H3. The zero-order valence-corrected chi connectivity index (χ0v) is 22.4. The molecule has 2 heterocycles. The summed E-state index contributed by atoms with van der Waals surface area (Å²) < 4.78 is 13.3. The van der Waals surface area contributed by atoms with Gasteiger partial charge in [-0.25, -0.2) is 9.66 Å². The predicted molar refractivity (Wildman–Crippen MR) is 156 cm³/mol. The van der Waals surface area contributed by atoms with Crippen molar-refractivity contribution in [2.45, 2.75) is 5.54 Å². The highest BCUT2D eigenvalue weighted by atomic mass is 35.5. The van der Waals surface area contributed by atoms with Crippen LogP contribution in [-0.4, -0.2) is 36.8 Å². The molecule has 0 saturated carbocycles. The molecule has 1 atom stereocenters. The summed E-state index contributed by atoms with van der Waals surface area (Å²) in [7, 11) is 3.29. The van der Waals surface area contributed by atoms with Crippen LogP contribution in [0, 0.1) is 0 Å². The summed E-state index contributed by atoms with van der Waals surface area (Å²) in [6.07, 6.45) is 4.06. The molecule has 0 spiro atoms. The number of ether oxygens (including phenoxy) is 2. The number of methoxy groups -OCH3 is 2. The molecule has 1 aliphatic heterocycles. The molecule has 0 N–H and O–H groups in total. The highest BCUT2D eigenvalue weighted by molar-refractivity contribution is 6.33. The van der Waals surface area contributed by atoms with Gasteiger partial charge in [-0.2, -0.15) is 0 Å². The molecule has 0 saturated heterocycles. The number of nitrogens with zero attached hydrogens (tertiary/aromatic N) is 4. The highest BCUT2D eigenvalue weighted by Gasteiger charge is 2.44. The van der Waals surface area contributed by atoms with E-state index in [0.717, 1.165) is 33.8 Å². The number of aliphatic imine (C=N–C) groups is 1. The molecule has 0 radical (unpaired) electrons. The van der Waals surface area contributed by atoms with E-state index in [1.165, 1.54) is 0 Å². The summed E-state index contributed by atoms with van der Waals surface area (Å²) in [5, 5.41) is 2.84. The molecule has 4 aromatic carbocycles. The van der Waals surface area contributed by atoms with Crippen molar-refractivity contribution >= 4 is 17.8 Å². The fourth-order valence-corrected chi connectivity index (χ4v) is 5.40. The SMILES string of the molecule is COc1ccc(C2(c3ccccc3)C=NCN2n2cc(-c3ccccc3)nc2-c2ccccc2Cl)cc1OC. The van der Waals surface area contributed by atoms with Gasteiger partial charge in [0, 0.05) is 17.3 Å². The lowest BCUT2D eigenvalue weighted by Gasteiger charge is -2.40. The summed E-state index contributed by atoms with van der Waals surface area (Å²) in [6, 6.07) is 34.3. The molecule has 1 unspecified atom stereocenters. The van der Waals surface area contributed by atoms with Crippen LogP contribution in [0.1, 0.15) is 11.1 Å². The van der Waals surface area contributed by atoms with Crippen molar-refractivity contribution in [3.8, 4) is 34.1 Å². The number of halogens is 1. The molecule has 39 heavy (non-hydrogen) atoms. The summed E-state index contributed by atoms with van der Waals surface area (Å²) in [5.41, 5.74) is 3.97. The lowest BCUT2D eigenvalue weighted by atomic mass is 9.83. The third kappa shape index (κ3) is 4.23. The van der Waals surface area contributed by atoms with E-state index in [2.05, 4.69) is 46.2 Å². The molecule has 194 valence electrons. The molecule has 0 amide bonds. The van der Waals surface area contributed by atoms with Crippen molar-refractivity contribution in [3.63, 3.8) is 0 Å².